The van der Waals surface area contributed by atoms with Gasteiger partial charge in [0.25, 0.3) is 5.91 Å². The number of benzene rings is 1. The number of nitrogens with zero attached hydrogens (tertiary/aromatic N) is 1. The van der Waals surface area contributed by atoms with Crippen LogP contribution >= 0.6 is 24.0 Å². The molecule has 6 nitrogen and oxygen atoms in total. The van der Waals surface area contributed by atoms with Gasteiger partial charge in [-0.2, -0.15) is 0 Å². The summed E-state index contributed by atoms with van der Waals surface area (Å²) in [5, 5.41) is 5.79. The standard InChI is InChI=1S/C15H22ClN3O3.ClH/c1-4-19(5-2)15(21)10-22-13-7-6-11(8-12(13)16)18-14(20)9-17-3;/h6-8,17H,4-5,9-10H2,1-3H3,(H,18,20);1H. The van der Waals surface area contributed by atoms with Crippen LogP contribution in [0.3, 0.4) is 0 Å². The van der Waals surface area contributed by atoms with Crippen LogP contribution in [0.5, 0.6) is 5.75 Å². The third-order valence-electron chi connectivity index (χ3n) is 3.02. The van der Waals surface area contributed by atoms with Crippen molar-refractivity contribution in [3.05, 3.63) is 23.2 Å². The molecule has 130 valence electrons. The Labute approximate surface area is 147 Å². The molecular formula is C15H23Cl2N3O3. The minimum atomic E-state index is -0.163. The Kier molecular flexibility index (Phi) is 10.4. The zero-order valence-corrected chi connectivity index (χ0v) is 15.1. The third kappa shape index (κ3) is 7.07. The molecule has 2 N–H and O–H groups in total. The molecule has 0 saturated heterocycles. The van der Waals surface area contributed by atoms with Gasteiger partial charge in [-0.3, -0.25) is 9.59 Å². The van der Waals surface area contributed by atoms with Crippen LogP contribution in [0, 0.1) is 0 Å². The maximum atomic E-state index is 11.9. The van der Waals surface area contributed by atoms with Gasteiger partial charge in [-0.1, -0.05) is 11.6 Å². The zero-order valence-electron chi connectivity index (χ0n) is 13.5. The van der Waals surface area contributed by atoms with Crippen LogP contribution < -0.4 is 15.4 Å². The summed E-state index contributed by atoms with van der Waals surface area (Å²) in [5.74, 6) is 0.158. The first kappa shape index (κ1) is 21.5. The van der Waals surface area contributed by atoms with E-state index >= 15 is 0 Å². The van der Waals surface area contributed by atoms with E-state index in [0.717, 1.165) is 0 Å². The van der Waals surface area contributed by atoms with E-state index in [9.17, 15) is 9.59 Å². The Balaban J connectivity index is 0.00000484. The Bertz CT molecular complexity index is 523. The van der Waals surface area contributed by atoms with Crippen molar-refractivity contribution < 1.29 is 14.3 Å². The first-order valence-corrected chi connectivity index (χ1v) is 7.54. The Hall–Kier alpha value is -1.50. The normalized spacial score (nSPS) is 9.74. The summed E-state index contributed by atoms with van der Waals surface area (Å²) in [5.41, 5.74) is 0.577. The molecule has 0 aliphatic heterocycles. The van der Waals surface area contributed by atoms with Crippen molar-refractivity contribution in [3.8, 4) is 5.75 Å². The summed E-state index contributed by atoms with van der Waals surface area (Å²) < 4.78 is 5.44. The number of halogens is 2. The van der Waals surface area contributed by atoms with Gasteiger partial charge in [0.05, 0.1) is 11.6 Å². The highest BCUT2D eigenvalue weighted by atomic mass is 35.5. The number of likely N-dealkylation sites (N-methyl/N-ethyl adjacent to an activating group) is 2. The van der Waals surface area contributed by atoms with E-state index in [1.807, 2.05) is 13.8 Å². The molecule has 1 aromatic carbocycles. The molecule has 0 bridgehead atoms. The zero-order chi connectivity index (χ0) is 16.5. The summed E-state index contributed by atoms with van der Waals surface area (Å²) in [6.07, 6.45) is 0. The average molecular weight is 364 g/mol. The van der Waals surface area contributed by atoms with Crippen molar-refractivity contribution >= 4 is 41.5 Å². The molecule has 1 aromatic rings. The second-order valence-corrected chi connectivity index (χ2v) is 4.99. The predicted molar refractivity (Wildman–Crippen MR) is 94.7 cm³/mol. The number of carbonyl (C=O) groups is 2. The minimum Gasteiger partial charge on any atom is -0.482 e. The molecule has 0 spiro atoms. The van der Waals surface area contributed by atoms with Gasteiger partial charge in [-0.05, 0) is 39.1 Å². The molecule has 0 atom stereocenters. The second kappa shape index (κ2) is 11.1. The van der Waals surface area contributed by atoms with E-state index in [1.165, 1.54) is 0 Å². The number of ether oxygens (including phenoxy) is 1. The minimum absolute atomic E-state index is 0. The lowest BCUT2D eigenvalue weighted by Crippen LogP contribution is -2.34. The monoisotopic (exact) mass is 363 g/mol. The van der Waals surface area contributed by atoms with Gasteiger partial charge in [-0.15, -0.1) is 12.4 Å². The second-order valence-electron chi connectivity index (χ2n) is 4.58. The maximum Gasteiger partial charge on any atom is 0.260 e. The number of hydrogen-bond donors (Lipinski definition) is 2. The lowest BCUT2D eigenvalue weighted by molar-refractivity contribution is -0.133. The van der Waals surface area contributed by atoms with Gasteiger partial charge in [0.15, 0.2) is 6.61 Å². The summed E-state index contributed by atoms with van der Waals surface area (Å²) >= 11 is 6.10. The maximum absolute atomic E-state index is 11.9. The van der Waals surface area contributed by atoms with E-state index < -0.39 is 0 Å². The number of hydrogen-bond acceptors (Lipinski definition) is 4. The Morgan fingerprint density at radius 2 is 1.91 bits per heavy atom. The first-order chi connectivity index (χ1) is 10.5. The molecular weight excluding hydrogens is 341 g/mol. The lowest BCUT2D eigenvalue weighted by atomic mass is 10.3. The molecule has 23 heavy (non-hydrogen) atoms. The number of anilines is 1. The SMILES string of the molecule is CCN(CC)C(=O)COc1ccc(NC(=O)CNC)cc1Cl.Cl. The fourth-order valence-corrected chi connectivity index (χ4v) is 2.10. The van der Waals surface area contributed by atoms with Gasteiger partial charge < -0.3 is 20.3 Å². The predicted octanol–water partition coefficient (Wildman–Crippen LogP) is 2.17. The molecule has 8 heteroatoms. The lowest BCUT2D eigenvalue weighted by Gasteiger charge is -2.19. The molecule has 0 radical (unpaired) electrons. The van der Waals surface area contributed by atoms with Crippen molar-refractivity contribution in [1.29, 1.82) is 0 Å². The fraction of sp³-hybridized carbons (Fsp3) is 0.467. The molecule has 2 amide bonds. The third-order valence-corrected chi connectivity index (χ3v) is 3.32. The van der Waals surface area contributed by atoms with Crippen LogP contribution in [-0.2, 0) is 9.59 Å². The van der Waals surface area contributed by atoms with Crippen LogP contribution in [0.2, 0.25) is 5.02 Å². The smallest absolute Gasteiger partial charge is 0.260 e. The van der Waals surface area contributed by atoms with Crippen LogP contribution in [0.4, 0.5) is 5.69 Å². The van der Waals surface area contributed by atoms with Crippen molar-refractivity contribution in [2.45, 2.75) is 13.8 Å². The summed E-state index contributed by atoms with van der Waals surface area (Å²) in [7, 11) is 1.69. The van der Waals surface area contributed by atoms with Crippen molar-refractivity contribution in [3.63, 3.8) is 0 Å². The van der Waals surface area contributed by atoms with Gasteiger partial charge in [0.1, 0.15) is 5.75 Å². The summed E-state index contributed by atoms with van der Waals surface area (Å²) in [4.78, 5) is 25.0. The largest absolute Gasteiger partial charge is 0.482 e. The molecule has 0 aliphatic rings. The summed E-state index contributed by atoms with van der Waals surface area (Å²) in [6, 6.07) is 4.90. The highest BCUT2D eigenvalue weighted by Crippen LogP contribution is 2.27. The van der Waals surface area contributed by atoms with Crippen LogP contribution in [-0.4, -0.2) is 50.0 Å². The van der Waals surface area contributed by atoms with Gasteiger partial charge in [0.2, 0.25) is 5.91 Å². The van der Waals surface area contributed by atoms with Crippen LogP contribution in [0.25, 0.3) is 0 Å². The molecule has 0 saturated carbocycles. The molecule has 0 aromatic heterocycles. The van der Waals surface area contributed by atoms with E-state index in [4.69, 9.17) is 16.3 Å². The number of carbonyl (C=O) groups excluding carboxylic acids is 2. The van der Waals surface area contributed by atoms with Crippen LogP contribution in [0.15, 0.2) is 18.2 Å². The number of amides is 2. The number of rotatable bonds is 8. The Morgan fingerprint density at radius 1 is 1.26 bits per heavy atom. The molecule has 1 rings (SSSR count). The van der Waals surface area contributed by atoms with Crippen molar-refractivity contribution in [1.82, 2.24) is 10.2 Å². The molecule has 0 aliphatic carbocycles. The van der Waals surface area contributed by atoms with Gasteiger partial charge >= 0.3 is 0 Å². The van der Waals surface area contributed by atoms with Crippen molar-refractivity contribution in [2.75, 3.05) is 38.6 Å². The van der Waals surface area contributed by atoms with E-state index in [1.54, 1.807) is 30.1 Å². The highest BCUT2D eigenvalue weighted by molar-refractivity contribution is 6.32. The molecule has 0 heterocycles. The van der Waals surface area contributed by atoms with E-state index in [2.05, 4.69) is 10.6 Å². The average Bonchev–Trinajstić information content (AvgIpc) is 2.48. The quantitative estimate of drug-likeness (QED) is 0.742. The first-order valence-electron chi connectivity index (χ1n) is 7.16. The van der Waals surface area contributed by atoms with E-state index in [0.29, 0.717) is 29.5 Å². The Morgan fingerprint density at radius 3 is 2.43 bits per heavy atom. The van der Waals surface area contributed by atoms with Crippen LogP contribution in [0.1, 0.15) is 13.8 Å². The van der Waals surface area contributed by atoms with E-state index in [-0.39, 0.29) is 37.4 Å². The highest BCUT2D eigenvalue weighted by Gasteiger charge is 2.12. The molecule has 0 unspecified atom stereocenters. The molecule has 0 fully saturated rings. The topological polar surface area (TPSA) is 70.7 Å². The fourth-order valence-electron chi connectivity index (χ4n) is 1.87. The van der Waals surface area contributed by atoms with Gasteiger partial charge in [-0.25, -0.2) is 0 Å². The van der Waals surface area contributed by atoms with Gasteiger partial charge in [0, 0.05) is 18.8 Å². The van der Waals surface area contributed by atoms with Crippen molar-refractivity contribution in [2.24, 2.45) is 0 Å². The summed E-state index contributed by atoms with van der Waals surface area (Å²) in [6.45, 7) is 5.26. The number of nitrogens with one attached hydrogen (secondary N) is 2.